The van der Waals surface area contributed by atoms with Crippen LogP contribution in [0.25, 0.3) is 0 Å². The lowest BCUT2D eigenvalue weighted by molar-refractivity contribution is 0.395. The maximum atomic E-state index is 5.28. The molecule has 1 N–H and O–H groups in total. The number of benzene rings is 1. The third-order valence-electron chi connectivity index (χ3n) is 3.85. The molecule has 0 aliphatic heterocycles. The molecule has 0 amide bonds. The molecule has 1 saturated carbocycles. The molecule has 5 nitrogen and oxygen atoms in total. The zero-order valence-electron chi connectivity index (χ0n) is 13.2. The number of anilines is 1. The van der Waals surface area contributed by atoms with Gasteiger partial charge in [0.1, 0.15) is 17.4 Å². The summed E-state index contributed by atoms with van der Waals surface area (Å²) in [5, 5.41) is 3.42. The topological polar surface area (TPSA) is 56.3 Å². The van der Waals surface area contributed by atoms with Gasteiger partial charge >= 0.3 is 0 Å². The van der Waals surface area contributed by atoms with Crippen LogP contribution in [-0.2, 0) is 0 Å². The van der Waals surface area contributed by atoms with E-state index in [1.165, 1.54) is 18.4 Å². The van der Waals surface area contributed by atoms with Crippen molar-refractivity contribution < 1.29 is 9.47 Å². The fourth-order valence-electron chi connectivity index (χ4n) is 2.34. The Morgan fingerprint density at radius 1 is 1.09 bits per heavy atom. The van der Waals surface area contributed by atoms with E-state index in [4.69, 9.17) is 9.47 Å². The Labute approximate surface area is 130 Å². The van der Waals surface area contributed by atoms with Gasteiger partial charge in [-0.1, -0.05) is 12.1 Å². The fourth-order valence-corrected chi connectivity index (χ4v) is 2.34. The highest BCUT2D eigenvalue weighted by Crippen LogP contribution is 2.39. The molecule has 1 atom stereocenters. The SMILES string of the molecule is COc1ccc(C(C)Nc2cc(OC)nc(C3CC3)n2)cc1. The Balaban J connectivity index is 1.77. The minimum Gasteiger partial charge on any atom is -0.497 e. The van der Waals surface area contributed by atoms with E-state index in [-0.39, 0.29) is 6.04 Å². The second kappa shape index (κ2) is 6.22. The third-order valence-corrected chi connectivity index (χ3v) is 3.85. The summed E-state index contributed by atoms with van der Waals surface area (Å²) in [6.07, 6.45) is 2.33. The highest BCUT2D eigenvalue weighted by Gasteiger charge is 2.27. The van der Waals surface area contributed by atoms with E-state index in [2.05, 4.69) is 34.3 Å². The molecule has 1 heterocycles. The normalized spacial score (nSPS) is 15.2. The lowest BCUT2D eigenvalue weighted by Crippen LogP contribution is -2.10. The number of hydrogen-bond donors (Lipinski definition) is 1. The number of nitrogens with one attached hydrogen (secondary N) is 1. The number of ether oxygens (including phenoxy) is 2. The van der Waals surface area contributed by atoms with Crippen LogP contribution in [0.2, 0.25) is 0 Å². The van der Waals surface area contributed by atoms with Crippen LogP contribution >= 0.6 is 0 Å². The second-order valence-corrected chi connectivity index (χ2v) is 5.57. The van der Waals surface area contributed by atoms with Crippen molar-refractivity contribution in [3.63, 3.8) is 0 Å². The molecule has 1 fully saturated rings. The molecular formula is C17H21N3O2. The molecule has 2 aromatic rings. The van der Waals surface area contributed by atoms with Gasteiger partial charge in [0.25, 0.3) is 0 Å². The van der Waals surface area contributed by atoms with Crippen molar-refractivity contribution >= 4 is 5.82 Å². The summed E-state index contributed by atoms with van der Waals surface area (Å²) in [4.78, 5) is 9.04. The van der Waals surface area contributed by atoms with Crippen molar-refractivity contribution in [3.8, 4) is 11.6 Å². The average molecular weight is 299 g/mol. The predicted octanol–water partition coefficient (Wildman–Crippen LogP) is 3.54. The Kier molecular flexibility index (Phi) is 4.13. The highest BCUT2D eigenvalue weighted by molar-refractivity contribution is 5.42. The van der Waals surface area contributed by atoms with Crippen LogP contribution in [0.15, 0.2) is 30.3 Å². The first kappa shape index (κ1) is 14.6. The molecule has 0 spiro atoms. The molecule has 1 aromatic carbocycles. The van der Waals surface area contributed by atoms with Crippen molar-refractivity contribution in [1.82, 2.24) is 9.97 Å². The Hall–Kier alpha value is -2.30. The number of aromatic nitrogens is 2. The van der Waals surface area contributed by atoms with Gasteiger partial charge in [-0.05, 0) is 37.5 Å². The van der Waals surface area contributed by atoms with E-state index in [1.807, 2.05) is 18.2 Å². The van der Waals surface area contributed by atoms with Crippen LogP contribution in [0.1, 0.15) is 43.1 Å². The monoisotopic (exact) mass is 299 g/mol. The second-order valence-electron chi connectivity index (χ2n) is 5.57. The molecule has 116 valence electrons. The first-order valence-corrected chi connectivity index (χ1v) is 7.53. The van der Waals surface area contributed by atoms with Gasteiger partial charge in [-0.3, -0.25) is 0 Å². The van der Waals surface area contributed by atoms with E-state index in [0.717, 1.165) is 17.4 Å². The Morgan fingerprint density at radius 2 is 1.82 bits per heavy atom. The van der Waals surface area contributed by atoms with E-state index in [1.54, 1.807) is 14.2 Å². The summed E-state index contributed by atoms with van der Waals surface area (Å²) in [5.74, 6) is 3.64. The van der Waals surface area contributed by atoms with Crippen molar-refractivity contribution in [2.45, 2.75) is 31.7 Å². The molecule has 1 unspecified atom stereocenters. The maximum absolute atomic E-state index is 5.28. The van der Waals surface area contributed by atoms with Gasteiger partial charge < -0.3 is 14.8 Å². The van der Waals surface area contributed by atoms with Crippen LogP contribution < -0.4 is 14.8 Å². The predicted molar refractivity (Wildman–Crippen MR) is 85.6 cm³/mol. The Bertz CT molecular complexity index is 639. The fraction of sp³-hybridized carbons (Fsp3) is 0.412. The molecule has 0 saturated heterocycles. The largest absolute Gasteiger partial charge is 0.497 e. The average Bonchev–Trinajstić information content (AvgIpc) is 3.39. The van der Waals surface area contributed by atoms with Gasteiger partial charge in [-0.2, -0.15) is 4.98 Å². The minimum absolute atomic E-state index is 0.137. The first-order valence-electron chi connectivity index (χ1n) is 7.53. The highest BCUT2D eigenvalue weighted by atomic mass is 16.5. The van der Waals surface area contributed by atoms with Gasteiger partial charge in [0.05, 0.1) is 14.2 Å². The van der Waals surface area contributed by atoms with E-state index < -0.39 is 0 Å². The molecule has 3 rings (SSSR count). The van der Waals surface area contributed by atoms with Crippen molar-refractivity contribution in [2.75, 3.05) is 19.5 Å². The molecular weight excluding hydrogens is 278 g/mol. The van der Waals surface area contributed by atoms with Crippen LogP contribution in [0.4, 0.5) is 5.82 Å². The number of hydrogen-bond acceptors (Lipinski definition) is 5. The Morgan fingerprint density at radius 3 is 2.41 bits per heavy atom. The third kappa shape index (κ3) is 3.30. The van der Waals surface area contributed by atoms with E-state index in [0.29, 0.717) is 11.8 Å². The van der Waals surface area contributed by atoms with Gasteiger partial charge in [-0.25, -0.2) is 4.98 Å². The molecule has 1 aromatic heterocycles. The quantitative estimate of drug-likeness (QED) is 0.884. The van der Waals surface area contributed by atoms with Crippen LogP contribution in [-0.4, -0.2) is 24.2 Å². The molecule has 5 heteroatoms. The summed E-state index contributed by atoms with van der Waals surface area (Å²) < 4.78 is 10.5. The number of rotatable bonds is 6. The van der Waals surface area contributed by atoms with E-state index >= 15 is 0 Å². The van der Waals surface area contributed by atoms with Gasteiger partial charge in [0.15, 0.2) is 0 Å². The minimum atomic E-state index is 0.137. The molecule has 1 aliphatic rings. The lowest BCUT2D eigenvalue weighted by atomic mass is 10.1. The summed E-state index contributed by atoms with van der Waals surface area (Å²) in [7, 11) is 3.30. The number of nitrogens with zero attached hydrogens (tertiary/aromatic N) is 2. The molecule has 1 aliphatic carbocycles. The van der Waals surface area contributed by atoms with Crippen molar-refractivity contribution in [2.24, 2.45) is 0 Å². The number of methoxy groups -OCH3 is 2. The maximum Gasteiger partial charge on any atom is 0.218 e. The molecule has 0 bridgehead atoms. The molecule has 0 radical (unpaired) electrons. The summed E-state index contributed by atoms with van der Waals surface area (Å²) >= 11 is 0. The van der Waals surface area contributed by atoms with Crippen molar-refractivity contribution in [1.29, 1.82) is 0 Å². The van der Waals surface area contributed by atoms with Gasteiger partial charge in [0, 0.05) is 18.0 Å². The standard InChI is InChI=1S/C17H21N3O2/c1-11(12-6-8-14(21-2)9-7-12)18-15-10-16(22-3)20-17(19-15)13-4-5-13/h6-11,13H,4-5H2,1-3H3,(H,18,19,20). The smallest absolute Gasteiger partial charge is 0.218 e. The van der Waals surface area contributed by atoms with Gasteiger partial charge in [-0.15, -0.1) is 0 Å². The zero-order valence-corrected chi connectivity index (χ0v) is 13.2. The summed E-state index contributed by atoms with van der Waals surface area (Å²) in [6, 6.07) is 10.0. The van der Waals surface area contributed by atoms with E-state index in [9.17, 15) is 0 Å². The van der Waals surface area contributed by atoms with Gasteiger partial charge in [0.2, 0.25) is 5.88 Å². The summed E-state index contributed by atoms with van der Waals surface area (Å²) in [5.41, 5.74) is 1.17. The molecule has 22 heavy (non-hydrogen) atoms. The zero-order chi connectivity index (χ0) is 15.5. The van der Waals surface area contributed by atoms with Crippen LogP contribution in [0, 0.1) is 0 Å². The lowest BCUT2D eigenvalue weighted by Gasteiger charge is -2.16. The first-order chi connectivity index (χ1) is 10.7. The van der Waals surface area contributed by atoms with Crippen molar-refractivity contribution in [3.05, 3.63) is 41.7 Å². The van der Waals surface area contributed by atoms with Crippen LogP contribution in [0.3, 0.4) is 0 Å². The summed E-state index contributed by atoms with van der Waals surface area (Å²) in [6.45, 7) is 2.10. The van der Waals surface area contributed by atoms with Crippen LogP contribution in [0.5, 0.6) is 11.6 Å².